The maximum Gasteiger partial charge on any atom is 0.396 e. The summed E-state index contributed by atoms with van der Waals surface area (Å²) in [6, 6.07) is 0. The van der Waals surface area contributed by atoms with Crippen LogP contribution in [0.4, 0.5) is 17.6 Å². The van der Waals surface area contributed by atoms with Crippen LogP contribution in [0, 0.1) is 5.92 Å². The Kier molecular flexibility index (Phi) is 4.04. The van der Waals surface area contributed by atoms with Gasteiger partial charge in [0.25, 0.3) is 0 Å². The molecule has 142 valence electrons. The molecule has 3 aliphatic rings. The molecule has 0 amide bonds. The van der Waals surface area contributed by atoms with Crippen LogP contribution in [0.25, 0.3) is 0 Å². The Hall–Kier alpha value is -1.47. The van der Waals surface area contributed by atoms with Crippen molar-refractivity contribution in [2.24, 2.45) is 5.92 Å². The average Bonchev–Trinajstić information content (AvgIpc) is 3.08. The van der Waals surface area contributed by atoms with Crippen LogP contribution in [0.1, 0.15) is 19.3 Å². The lowest BCUT2D eigenvalue weighted by Crippen LogP contribution is -2.47. The third-order valence-corrected chi connectivity index (χ3v) is 5.36. The van der Waals surface area contributed by atoms with Crippen molar-refractivity contribution in [3.63, 3.8) is 0 Å². The SMILES string of the molecule is O=C(CCC(F)(F)C(F)(F)S(=O)(=O)[O-])OC1C2CC3C(=O)OC1C3O2. The number of alkyl halides is 4. The lowest BCUT2D eigenvalue weighted by Gasteiger charge is -2.28. The highest BCUT2D eigenvalue weighted by atomic mass is 32.2. The highest BCUT2D eigenvalue weighted by Crippen LogP contribution is 2.47. The van der Waals surface area contributed by atoms with Crippen LogP contribution in [-0.4, -0.2) is 60.5 Å². The van der Waals surface area contributed by atoms with Gasteiger partial charge in [0.05, 0.1) is 18.4 Å². The summed E-state index contributed by atoms with van der Waals surface area (Å²) in [6.45, 7) is 0. The molecular formula is C12H11F4O8S-. The first-order chi connectivity index (χ1) is 11.3. The fourth-order valence-corrected chi connectivity index (χ4v) is 3.65. The Morgan fingerprint density at radius 2 is 1.92 bits per heavy atom. The van der Waals surface area contributed by atoms with Crippen molar-refractivity contribution in [3.05, 3.63) is 0 Å². The van der Waals surface area contributed by atoms with E-state index < -0.39 is 76.4 Å². The summed E-state index contributed by atoms with van der Waals surface area (Å²) < 4.78 is 98.5. The van der Waals surface area contributed by atoms with Gasteiger partial charge in [-0.05, 0) is 6.42 Å². The normalized spacial score (nSPS) is 34.3. The zero-order valence-electron chi connectivity index (χ0n) is 12.2. The van der Waals surface area contributed by atoms with Crippen molar-refractivity contribution in [2.75, 3.05) is 0 Å². The largest absolute Gasteiger partial charge is 0.743 e. The molecular weight excluding hydrogens is 380 g/mol. The number of ether oxygens (including phenoxy) is 3. The Bertz CT molecular complexity index is 708. The molecule has 5 unspecified atom stereocenters. The van der Waals surface area contributed by atoms with Gasteiger partial charge in [0.2, 0.25) is 0 Å². The van der Waals surface area contributed by atoms with E-state index in [-0.39, 0.29) is 6.42 Å². The summed E-state index contributed by atoms with van der Waals surface area (Å²) in [6.07, 6.45) is -6.15. The first kappa shape index (κ1) is 18.3. The molecule has 3 saturated heterocycles. The van der Waals surface area contributed by atoms with E-state index in [0.717, 1.165) is 0 Å². The molecule has 3 aliphatic heterocycles. The molecule has 0 aromatic rings. The third kappa shape index (κ3) is 2.77. The fourth-order valence-electron chi connectivity index (χ4n) is 3.18. The van der Waals surface area contributed by atoms with E-state index in [1.807, 2.05) is 0 Å². The lowest BCUT2D eigenvalue weighted by molar-refractivity contribution is -0.176. The second kappa shape index (κ2) is 5.51. The molecule has 3 heterocycles. The van der Waals surface area contributed by atoms with E-state index in [2.05, 4.69) is 0 Å². The molecule has 25 heavy (non-hydrogen) atoms. The number of fused-ring (bicyclic) bond motifs is 1. The summed E-state index contributed by atoms with van der Waals surface area (Å²) >= 11 is 0. The molecule has 0 aliphatic carbocycles. The van der Waals surface area contributed by atoms with Crippen LogP contribution in [0.5, 0.6) is 0 Å². The molecule has 3 fully saturated rings. The van der Waals surface area contributed by atoms with Crippen LogP contribution in [0.3, 0.4) is 0 Å². The summed E-state index contributed by atoms with van der Waals surface area (Å²) in [4.78, 5) is 23.1. The number of carbonyl (C=O) groups is 2. The second-order valence-electron chi connectivity index (χ2n) is 6.01. The van der Waals surface area contributed by atoms with Crippen molar-refractivity contribution < 1.29 is 54.3 Å². The first-order valence-corrected chi connectivity index (χ1v) is 8.52. The molecule has 3 rings (SSSR count). The van der Waals surface area contributed by atoms with Gasteiger partial charge in [0.1, 0.15) is 6.10 Å². The van der Waals surface area contributed by atoms with Gasteiger partial charge in [0, 0.05) is 6.42 Å². The maximum atomic E-state index is 13.3. The minimum absolute atomic E-state index is 0.223. The minimum atomic E-state index is -6.61. The van der Waals surface area contributed by atoms with E-state index >= 15 is 0 Å². The molecule has 13 heteroatoms. The summed E-state index contributed by atoms with van der Waals surface area (Å²) in [5.74, 6) is -7.58. The minimum Gasteiger partial charge on any atom is -0.743 e. The highest BCUT2D eigenvalue weighted by molar-refractivity contribution is 7.86. The standard InChI is InChI=1S/C12H12F4O8S/c13-11(14,12(15,16)25(19,20)21)2-1-6(17)23-8-5-3-4-7(22-5)9(8)24-10(4)18/h4-5,7-9H,1-3H2,(H,19,20,21)/p-1. The quantitative estimate of drug-likeness (QED) is 0.357. The van der Waals surface area contributed by atoms with Gasteiger partial charge < -0.3 is 18.8 Å². The Balaban J connectivity index is 1.58. The molecule has 0 aromatic carbocycles. The predicted octanol–water partition coefficient (Wildman–Crippen LogP) is 0.164. The van der Waals surface area contributed by atoms with Crippen LogP contribution in [-0.2, 0) is 33.9 Å². The van der Waals surface area contributed by atoms with Crippen molar-refractivity contribution in [3.8, 4) is 0 Å². The van der Waals surface area contributed by atoms with E-state index in [0.29, 0.717) is 0 Å². The number of hydrogen-bond donors (Lipinski definition) is 0. The zero-order valence-corrected chi connectivity index (χ0v) is 13.0. The summed E-state index contributed by atoms with van der Waals surface area (Å²) in [5, 5.41) is -5.86. The highest BCUT2D eigenvalue weighted by Gasteiger charge is 2.65. The summed E-state index contributed by atoms with van der Waals surface area (Å²) in [7, 11) is -6.61. The van der Waals surface area contributed by atoms with Gasteiger partial charge in [-0.15, -0.1) is 0 Å². The average molecular weight is 391 g/mol. The van der Waals surface area contributed by atoms with Crippen molar-refractivity contribution in [2.45, 2.75) is 54.9 Å². The van der Waals surface area contributed by atoms with Gasteiger partial charge in [-0.3, -0.25) is 9.59 Å². The Morgan fingerprint density at radius 1 is 1.28 bits per heavy atom. The fraction of sp³-hybridized carbons (Fsp3) is 0.833. The molecule has 8 nitrogen and oxygen atoms in total. The van der Waals surface area contributed by atoms with Crippen LogP contribution < -0.4 is 0 Å². The van der Waals surface area contributed by atoms with E-state index in [1.165, 1.54) is 0 Å². The first-order valence-electron chi connectivity index (χ1n) is 7.11. The van der Waals surface area contributed by atoms with E-state index in [1.54, 1.807) is 0 Å². The molecule has 0 radical (unpaired) electrons. The number of hydrogen-bond acceptors (Lipinski definition) is 8. The van der Waals surface area contributed by atoms with Crippen molar-refractivity contribution >= 4 is 22.1 Å². The molecule has 5 atom stereocenters. The van der Waals surface area contributed by atoms with E-state index in [4.69, 9.17) is 14.2 Å². The van der Waals surface area contributed by atoms with E-state index in [9.17, 15) is 40.1 Å². The Labute approximate surface area is 138 Å². The van der Waals surface area contributed by atoms with Gasteiger partial charge in [-0.25, -0.2) is 8.42 Å². The van der Waals surface area contributed by atoms with Gasteiger partial charge >= 0.3 is 23.1 Å². The van der Waals surface area contributed by atoms with Crippen molar-refractivity contribution in [1.29, 1.82) is 0 Å². The number of halogens is 4. The van der Waals surface area contributed by atoms with Gasteiger partial charge in [0.15, 0.2) is 22.3 Å². The van der Waals surface area contributed by atoms with Gasteiger partial charge in [-0.2, -0.15) is 17.6 Å². The van der Waals surface area contributed by atoms with Crippen LogP contribution in [0.2, 0.25) is 0 Å². The third-order valence-electron chi connectivity index (χ3n) is 4.43. The molecule has 2 bridgehead atoms. The molecule has 0 spiro atoms. The molecule has 0 N–H and O–H groups in total. The number of carbonyl (C=O) groups excluding carboxylic acids is 2. The lowest BCUT2D eigenvalue weighted by atomic mass is 9.88. The summed E-state index contributed by atoms with van der Waals surface area (Å²) in [5.41, 5.74) is 0. The topological polar surface area (TPSA) is 119 Å². The van der Waals surface area contributed by atoms with Crippen LogP contribution >= 0.6 is 0 Å². The molecule has 0 aromatic heterocycles. The Morgan fingerprint density at radius 3 is 2.52 bits per heavy atom. The monoisotopic (exact) mass is 391 g/mol. The van der Waals surface area contributed by atoms with Crippen LogP contribution in [0.15, 0.2) is 0 Å². The van der Waals surface area contributed by atoms with Crippen molar-refractivity contribution in [1.82, 2.24) is 0 Å². The smallest absolute Gasteiger partial charge is 0.396 e. The number of esters is 2. The number of rotatable bonds is 6. The predicted molar refractivity (Wildman–Crippen MR) is 65.4 cm³/mol. The van der Waals surface area contributed by atoms with Gasteiger partial charge in [-0.1, -0.05) is 0 Å². The second-order valence-corrected chi connectivity index (χ2v) is 7.43. The molecule has 0 saturated carbocycles. The zero-order chi connectivity index (χ0) is 18.8. The maximum absolute atomic E-state index is 13.3.